The third kappa shape index (κ3) is 7.88. The number of halogens is 1. The number of alkyl carbamates (subject to hydrolysis) is 1. The van der Waals surface area contributed by atoms with Gasteiger partial charge >= 0.3 is 6.09 Å². The standard InChI is InChI=1S/C42H54FN5O5S.2H2/c1-44-40(49)31-10-14-36(15-11-31)54(51,52)37-16-12-35(13-17-37)48-28-30(29-48)27-47-23-18-32(19-24-47)42(20-25-46-21-5-22-46,33-6-3-7-34(43)26-33)38-8-4-9-39(38)45-41(50)53-2;;/h3,6-7,10-17,26,30,32,38-39H,4-5,8-9,18-25,27-29H2,1-2H3,(H,44,49)(H,45,50);2*1H/t38-,39-,42-;;/m0../s1. The number of piperidine rings is 1. The molecule has 4 fully saturated rings. The van der Waals surface area contributed by atoms with Crippen LogP contribution in [0.3, 0.4) is 0 Å². The maximum atomic E-state index is 15.0. The average molecular weight is 764 g/mol. The lowest BCUT2D eigenvalue weighted by Crippen LogP contribution is -2.56. The van der Waals surface area contributed by atoms with Crippen LogP contribution in [0.15, 0.2) is 82.6 Å². The highest BCUT2D eigenvalue weighted by Gasteiger charge is 2.52. The topological polar surface area (TPSA) is 111 Å². The highest BCUT2D eigenvalue weighted by Crippen LogP contribution is 2.53. The van der Waals surface area contributed by atoms with Crippen LogP contribution < -0.4 is 15.5 Å². The Morgan fingerprint density at radius 2 is 1.57 bits per heavy atom. The van der Waals surface area contributed by atoms with Crippen LogP contribution in [0.2, 0.25) is 0 Å². The van der Waals surface area contributed by atoms with Crippen LogP contribution in [0.25, 0.3) is 0 Å². The van der Waals surface area contributed by atoms with E-state index in [9.17, 15) is 18.0 Å². The molecular weight excluding hydrogens is 706 g/mol. The van der Waals surface area contributed by atoms with Gasteiger partial charge in [0.1, 0.15) is 5.82 Å². The molecule has 294 valence electrons. The van der Waals surface area contributed by atoms with Gasteiger partial charge in [-0.05, 0) is 149 Å². The third-order valence-corrected chi connectivity index (χ3v) is 14.6. The van der Waals surface area contributed by atoms with Gasteiger partial charge in [-0.1, -0.05) is 18.6 Å². The highest BCUT2D eigenvalue weighted by molar-refractivity contribution is 7.91. The molecule has 3 saturated heterocycles. The summed E-state index contributed by atoms with van der Waals surface area (Å²) < 4.78 is 46.6. The van der Waals surface area contributed by atoms with E-state index in [4.69, 9.17) is 4.74 Å². The van der Waals surface area contributed by atoms with E-state index in [1.807, 2.05) is 18.2 Å². The fourth-order valence-corrected chi connectivity index (χ4v) is 11.0. The number of nitrogens with zero attached hydrogens (tertiary/aromatic N) is 3. The van der Waals surface area contributed by atoms with Crippen LogP contribution in [0.5, 0.6) is 0 Å². The number of benzene rings is 3. The van der Waals surface area contributed by atoms with Gasteiger partial charge in [-0.3, -0.25) is 4.79 Å². The molecule has 10 nitrogen and oxygen atoms in total. The molecule has 2 amide bonds. The predicted octanol–water partition coefficient (Wildman–Crippen LogP) is 6.22. The number of amides is 2. The zero-order valence-electron chi connectivity index (χ0n) is 31.5. The summed E-state index contributed by atoms with van der Waals surface area (Å²) in [5.41, 5.74) is 2.24. The van der Waals surface area contributed by atoms with Gasteiger partial charge in [-0.2, -0.15) is 0 Å². The maximum absolute atomic E-state index is 15.0. The summed E-state index contributed by atoms with van der Waals surface area (Å²) in [6.07, 6.45) is 6.78. The first-order valence-corrected chi connectivity index (χ1v) is 21.1. The van der Waals surface area contributed by atoms with Gasteiger partial charge in [0, 0.05) is 58.2 Å². The summed E-state index contributed by atoms with van der Waals surface area (Å²) in [5.74, 6) is 0.621. The van der Waals surface area contributed by atoms with Gasteiger partial charge in [0.15, 0.2) is 0 Å². The molecule has 2 N–H and O–H groups in total. The van der Waals surface area contributed by atoms with Gasteiger partial charge < -0.3 is 30.1 Å². The molecule has 0 unspecified atom stereocenters. The second kappa shape index (κ2) is 16.4. The molecule has 0 aromatic heterocycles. The molecule has 3 aromatic rings. The van der Waals surface area contributed by atoms with Crippen LogP contribution in [-0.2, 0) is 20.0 Å². The minimum Gasteiger partial charge on any atom is -0.453 e. The van der Waals surface area contributed by atoms with E-state index in [1.54, 1.807) is 24.3 Å². The van der Waals surface area contributed by atoms with E-state index in [-0.39, 0.29) is 47.8 Å². The van der Waals surface area contributed by atoms with Crippen molar-refractivity contribution >= 4 is 27.5 Å². The monoisotopic (exact) mass is 763 g/mol. The number of anilines is 1. The van der Waals surface area contributed by atoms with E-state index >= 15 is 4.39 Å². The van der Waals surface area contributed by atoms with Gasteiger partial charge in [0.25, 0.3) is 5.91 Å². The van der Waals surface area contributed by atoms with Crippen molar-refractivity contribution in [3.8, 4) is 0 Å². The number of carbonyl (C=O) groups excluding carboxylic acids is 2. The number of likely N-dealkylation sites (tertiary alicyclic amines) is 2. The Hall–Kier alpha value is -4.00. The first-order valence-electron chi connectivity index (χ1n) is 19.6. The Labute approximate surface area is 322 Å². The average Bonchev–Trinajstić information content (AvgIpc) is 3.62. The molecule has 4 aliphatic rings. The van der Waals surface area contributed by atoms with E-state index in [2.05, 4.69) is 31.4 Å². The Kier molecular flexibility index (Phi) is 11.6. The van der Waals surface area contributed by atoms with Gasteiger partial charge in [-0.25, -0.2) is 17.6 Å². The van der Waals surface area contributed by atoms with E-state index < -0.39 is 9.84 Å². The lowest BCUT2D eigenvalue weighted by Gasteiger charge is -2.52. The Morgan fingerprint density at radius 3 is 2.19 bits per heavy atom. The Morgan fingerprint density at radius 1 is 0.889 bits per heavy atom. The van der Waals surface area contributed by atoms with Crippen molar-refractivity contribution in [2.24, 2.45) is 17.8 Å². The highest BCUT2D eigenvalue weighted by atomic mass is 32.2. The van der Waals surface area contributed by atoms with Crippen molar-refractivity contribution in [2.45, 2.75) is 66.2 Å². The van der Waals surface area contributed by atoms with E-state index in [1.165, 1.54) is 44.8 Å². The maximum Gasteiger partial charge on any atom is 0.407 e. The molecule has 7 rings (SSSR count). The molecule has 0 spiro atoms. The summed E-state index contributed by atoms with van der Waals surface area (Å²) in [6.45, 7) is 8.03. The van der Waals surface area contributed by atoms with Gasteiger partial charge in [0.2, 0.25) is 9.84 Å². The summed E-state index contributed by atoms with van der Waals surface area (Å²) in [4.78, 5) is 32.2. The smallest absolute Gasteiger partial charge is 0.407 e. The second-order valence-corrected chi connectivity index (χ2v) is 17.7. The number of hydrogen-bond donors (Lipinski definition) is 2. The number of rotatable bonds is 13. The number of ether oxygens (including phenoxy) is 1. The molecule has 3 aromatic carbocycles. The summed E-state index contributed by atoms with van der Waals surface area (Å²) >= 11 is 0. The zero-order valence-corrected chi connectivity index (χ0v) is 32.3. The van der Waals surface area contributed by atoms with Crippen molar-refractivity contribution in [1.82, 2.24) is 20.4 Å². The molecule has 12 heteroatoms. The van der Waals surface area contributed by atoms with Crippen molar-refractivity contribution in [1.29, 1.82) is 0 Å². The summed E-state index contributed by atoms with van der Waals surface area (Å²) in [6, 6.07) is 20.4. The number of nitrogens with one attached hydrogen (secondary N) is 2. The quantitative estimate of drug-likeness (QED) is 0.211. The van der Waals surface area contributed by atoms with Gasteiger partial charge in [0.05, 0.1) is 16.9 Å². The van der Waals surface area contributed by atoms with Crippen LogP contribution in [0.1, 0.15) is 63.7 Å². The number of hydrogen-bond acceptors (Lipinski definition) is 8. The van der Waals surface area contributed by atoms with Gasteiger partial charge in [-0.15, -0.1) is 0 Å². The molecular formula is C42H58FN5O5S. The number of carbonyl (C=O) groups is 2. The molecule has 3 aliphatic heterocycles. The van der Waals surface area contributed by atoms with Crippen molar-refractivity contribution in [2.75, 3.05) is 71.4 Å². The Balaban J connectivity index is 0.00000300. The van der Waals surface area contributed by atoms with Crippen molar-refractivity contribution in [3.05, 3.63) is 89.7 Å². The SMILES string of the molecule is CNC(=O)c1ccc(S(=O)(=O)c2ccc(N3CC(CN4CCC([C@@](CCN5CCC5)(c5cccc(F)c5)[C@H]5CCC[C@@H]5NC(=O)OC)CC4)C3)cc2)cc1.[HH].[HH]. The van der Waals surface area contributed by atoms with Crippen LogP contribution in [0, 0.1) is 23.6 Å². The largest absolute Gasteiger partial charge is 0.453 e. The van der Waals surface area contributed by atoms with Crippen LogP contribution in [0.4, 0.5) is 14.9 Å². The fraction of sp³-hybridized carbons (Fsp3) is 0.524. The van der Waals surface area contributed by atoms with Crippen LogP contribution >= 0.6 is 0 Å². The van der Waals surface area contributed by atoms with E-state index in [0.29, 0.717) is 17.4 Å². The third-order valence-electron chi connectivity index (χ3n) is 12.8. The van der Waals surface area contributed by atoms with E-state index in [0.717, 1.165) is 102 Å². The molecule has 0 bridgehead atoms. The molecule has 3 heterocycles. The number of methoxy groups -OCH3 is 1. The normalized spacial score (nSPS) is 22.5. The molecule has 0 radical (unpaired) electrons. The van der Waals surface area contributed by atoms with Crippen molar-refractivity contribution in [3.63, 3.8) is 0 Å². The van der Waals surface area contributed by atoms with Crippen LogP contribution in [-0.4, -0.2) is 103 Å². The van der Waals surface area contributed by atoms with Crippen molar-refractivity contribution < 1.29 is 30.0 Å². The number of sulfone groups is 1. The second-order valence-electron chi connectivity index (χ2n) is 15.7. The molecule has 54 heavy (non-hydrogen) atoms. The first kappa shape index (κ1) is 38.3. The lowest BCUT2D eigenvalue weighted by molar-refractivity contribution is 0.0464. The lowest BCUT2D eigenvalue weighted by atomic mass is 9.56. The first-order chi connectivity index (χ1) is 26.1. The minimum atomic E-state index is -3.71. The fourth-order valence-electron chi connectivity index (χ4n) is 9.77. The molecule has 3 atom stereocenters. The predicted molar refractivity (Wildman–Crippen MR) is 211 cm³/mol. The molecule has 1 aliphatic carbocycles. The molecule has 1 saturated carbocycles. The summed E-state index contributed by atoms with van der Waals surface area (Å²) in [7, 11) is -0.752. The Bertz CT molecular complexity index is 1890. The zero-order chi connectivity index (χ0) is 37.9. The summed E-state index contributed by atoms with van der Waals surface area (Å²) in [5, 5.41) is 5.73. The minimum absolute atomic E-state index is 0.